The number of nitrogens with zero attached hydrogens (tertiary/aromatic N) is 1. The number of methoxy groups -OCH3 is 1. The smallest absolute Gasteiger partial charge is 0.270 e. The van der Waals surface area contributed by atoms with E-state index in [1.54, 1.807) is 23.9 Å². The summed E-state index contributed by atoms with van der Waals surface area (Å²) < 4.78 is 12.8. The molecule has 2 aliphatic heterocycles. The van der Waals surface area contributed by atoms with E-state index in [1.165, 1.54) is 11.8 Å². The standard InChI is InChI=1S/C23H26N4O5S/c1-23(2)10-13(6-7-32-23)27-20-18(22(30)26-27)19(33-11-17(28)25-20)15-8-12-4-5-14(31-3)9-16(12)24-21(15)29/h4-5,8-9,13,19H,6-7,10-11H2,1-3H3,(H,24,29)(H,25,28)(H,26,30). The van der Waals surface area contributed by atoms with Gasteiger partial charge < -0.3 is 19.8 Å². The summed E-state index contributed by atoms with van der Waals surface area (Å²) in [5.74, 6) is 1.01. The summed E-state index contributed by atoms with van der Waals surface area (Å²) in [7, 11) is 1.57. The van der Waals surface area contributed by atoms with E-state index in [0.717, 1.165) is 5.39 Å². The number of carbonyl (C=O) groups is 1. The molecule has 0 saturated carbocycles. The Kier molecular flexibility index (Phi) is 5.37. The van der Waals surface area contributed by atoms with Gasteiger partial charge in [-0.2, -0.15) is 0 Å². The highest BCUT2D eigenvalue weighted by molar-refractivity contribution is 8.00. The minimum atomic E-state index is -0.591. The van der Waals surface area contributed by atoms with E-state index in [9.17, 15) is 14.4 Å². The molecule has 0 aliphatic carbocycles. The highest BCUT2D eigenvalue weighted by atomic mass is 32.2. The highest BCUT2D eigenvalue weighted by Crippen LogP contribution is 2.41. The molecule has 10 heteroatoms. The summed E-state index contributed by atoms with van der Waals surface area (Å²) in [6, 6.07) is 7.19. The number of pyridine rings is 1. The average molecular weight is 471 g/mol. The number of amides is 1. The predicted molar refractivity (Wildman–Crippen MR) is 127 cm³/mol. The first kappa shape index (κ1) is 21.8. The van der Waals surface area contributed by atoms with E-state index in [1.807, 2.05) is 26.0 Å². The Hall–Kier alpha value is -2.98. The van der Waals surface area contributed by atoms with Crippen molar-refractivity contribution in [1.29, 1.82) is 0 Å². The number of thioether (sulfide) groups is 1. The van der Waals surface area contributed by atoms with Gasteiger partial charge in [-0.25, -0.2) is 0 Å². The van der Waals surface area contributed by atoms with Crippen molar-refractivity contribution in [3.8, 4) is 5.75 Å². The lowest BCUT2D eigenvalue weighted by atomic mass is 9.94. The second-order valence-electron chi connectivity index (χ2n) is 9.07. The molecule has 0 bridgehead atoms. The van der Waals surface area contributed by atoms with Gasteiger partial charge in [0.25, 0.3) is 11.1 Å². The minimum absolute atomic E-state index is 0.0309. The van der Waals surface area contributed by atoms with Crippen LogP contribution in [0.3, 0.4) is 0 Å². The number of hydrogen-bond acceptors (Lipinski definition) is 6. The quantitative estimate of drug-likeness (QED) is 0.542. The maximum Gasteiger partial charge on any atom is 0.270 e. The molecule has 1 amide bonds. The van der Waals surface area contributed by atoms with E-state index >= 15 is 0 Å². The van der Waals surface area contributed by atoms with Gasteiger partial charge >= 0.3 is 0 Å². The fourth-order valence-corrected chi connectivity index (χ4v) is 5.83. The maximum atomic E-state index is 13.2. The number of anilines is 1. The lowest BCUT2D eigenvalue weighted by Crippen LogP contribution is -2.36. The van der Waals surface area contributed by atoms with Crippen molar-refractivity contribution in [1.82, 2.24) is 14.8 Å². The fourth-order valence-electron chi connectivity index (χ4n) is 4.70. The molecule has 3 N–H and O–H groups in total. The van der Waals surface area contributed by atoms with Crippen molar-refractivity contribution in [2.45, 2.75) is 43.6 Å². The molecule has 174 valence electrons. The average Bonchev–Trinajstić information content (AvgIpc) is 2.98. The van der Waals surface area contributed by atoms with Crippen molar-refractivity contribution >= 4 is 34.4 Å². The zero-order chi connectivity index (χ0) is 23.3. The topological polar surface area (TPSA) is 118 Å². The Morgan fingerprint density at radius 1 is 1.18 bits per heavy atom. The fraction of sp³-hybridized carbons (Fsp3) is 0.435. The number of hydrogen-bond donors (Lipinski definition) is 3. The van der Waals surface area contributed by atoms with Crippen LogP contribution in [-0.2, 0) is 9.53 Å². The predicted octanol–water partition coefficient (Wildman–Crippen LogP) is 2.93. The third-order valence-corrected chi connectivity index (χ3v) is 7.52. The van der Waals surface area contributed by atoms with E-state index in [2.05, 4.69) is 15.4 Å². The zero-order valence-electron chi connectivity index (χ0n) is 18.7. The van der Waals surface area contributed by atoms with Gasteiger partial charge in [-0.3, -0.25) is 24.2 Å². The van der Waals surface area contributed by atoms with Crippen LogP contribution in [0.25, 0.3) is 10.9 Å². The van der Waals surface area contributed by atoms with Gasteiger partial charge in [-0.15, -0.1) is 11.8 Å². The van der Waals surface area contributed by atoms with Gasteiger partial charge in [0, 0.05) is 18.2 Å². The molecule has 33 heavy (non-hydrogen) atoms. The first-order chi connectivity index (χ1) is 15.8. The Morgan fingerprint density at radius 2 is 2.00 bits per heavy atom. The van der Waals surface area contributed by atoms with E-state index < -0.39 is 5.25 Å². The highest BCUT2D eigenvalue weighted by Gasteiger charge is 2.36. The van der Waals surface area contributed by atoms with Crippen molar-refractivity contribution in [2.75, 3.05) is 24.8 Å². The van der Waals surface area contributed by atoms with Crippen LogP contribution in [0.1, 0.15) is 49.1 Å². The monoisotopic (exact) mass is 470 g/mol. The van der Waals surface area contributed by atoms with Gasteiger partial charge in [0.1, 0.15) is 11.6 Å². The molecule has 2 unspecified atom stereocenters. The molecule has 5 rings (SSSR count). The third kappa shape index (κ3) is 3.97. The van der Waals surface area contributed by atoms with Crippen LogP contribution in [0.4, 0.5) is 5.82 Å². The Morgan fingerprint density at radius 3 is 2.76 bits per heavy atom. The Labute approximate surface area is 193 Å². The minimum Gasteiger partial charge on any atom is -0.497 e. The molecule has 2 aromatic heterocycles. The molecular formula is C23H26N4O5S. The molecule has 2 aliphatic rings. The number of ether oxygens (including phenoxy) is 2. The van der Waals surface area contributed by atoms with Crippen LogP contribution in [0.5, 0.6) is 5.75 Å². The Bertz CT molecular complexity index is 1360. The van der Waals surface area contributed by atoms with Crippen LogP contribution in [0.2, 0.25) is 0 Å². The van der Waals surface area contributed by atoms with Gasteiger partial charge in [0.05, 0.1) is 40.8 Å². The van der Waals surface area contributed by atoms with Crippen LogP contribution in [-0.4, -0.2) is 45.7 Å². The Balaban J connectivity index is 1.64. The molecule has 1 saturated heterocycles. The van der Waals surface area contributed by atoms with E-state index in [-0.39, 0.29) is 34.4 Å². The van der Waals surface area contributed by atoms with E-state index in [0.29, 0.717) is 47.7 Å². The number of H-pyrrole nitrogens is 2. The molecule has 4 heterocycles. The number of nitrogens with one attached hydrogen (secondary N) is 3. The van der Waals surface area contributed by atoms with Gasteiger partial charge in [-0.1, -0.05) is 0 Å². The second-order valence-corrected chi connectivity index (χ2v) is 10.2. The summed E-state index contributed by atoms with van der Waals surface area (Å²) in [6.45, 7) is 4.59. The summed E-state index contributed by atoms with van der Waals surface area (Å²) in [4.78, 5) is 41.8. The van der Waals surface area contributed by atoms with Crippen LogP contribution in [0.15, 0.2) is 33.9 Å². The van der Waals surface area contributed by atoms with Crippen LogP contribution >= 0.6 is 11.8 Å². The normalized spacial score (nSPS) is 22.5. The molecule has 1 fully saturated rings. The van der Waals surface area contributed by atoms with Gasteiger partial charge in [0.2, 0.25) is 5.91 Å². The van der Waals surface area contributed by atoms with Crippen molar-refractivity contribution in [3.63, 3.8) is 0 Å². The number of rotatable bonds is 3. The number of carbonyl (C=O) groups excluding carboxylic acids is 1. The summed E-state index contributed by atoms with van der Waals surface area (Å²) in [5.41, 5.74) is 0.541. The molecule has 2 atom stereocenters. The van der Waals surface area contributed by atoms with Crippen LogP contribution < -0.4 is 21.2 Å². The molecule has 0 spiro atoms. The van der Waals surface area contributed by atoms with Gasteiger partial charge in [-0.05, 0) is 50.3 Å². The number of fused-ring (bicyclic) bond motifs is 2. The molecular weight excluding hydrogens is 444 g/mol. The first-order valence-corrected chi connectivity index (χ1v) is 11.9. The lowest BCUT2D eigenvalue weighted by Gasteiger charge is -2.36. The number of benzene rings is 1. The summed E-state index contributed by atoms with van der Waals surface area (Å²) in [6.07, 6.45) is 1.41. The largest absolute Gasteiger partial charge is 0.497 e. The summed E-state index contributed by atoms with van der Waals surface area (Å²) in [5, 5.41) is 6.07. The third-order valence-electron chi connectivity index (χ3n) is 6.26. The van der Waals surface area contributed by atoms with Crippen molar-refractivity contribution in [3.05, 3.63) is 56.1 Å². The molecule has 0 radical (unpaired) electrons. The van der Waals surface area contributed by atoms with Crippen molar-refractivity contribution < 1.29 is 14.3 Å². The van der Waals surface area contributed by atoms with E-state index in [4.69, 9.17) is 9.47 Å². The van der Waals surface area contributed by atoms with Crippen LogP contribution in [0, 0.1) is 0 Å². The maximum absolute atomic E-state index is 13.2. The number of aromatic amines is 2. The van der Waals surface area contributed by atoms with Crippen molar-refractivity contribution in [2.24, 2.45) is 0 Å². The first-order valence-electron chi connectivity index (χ1n) is 10.9. The zero-order valence-corrected chi connectivity index (χ0v) is 19.5. The SMILES string of the molecule is COc1ccc2cc(C3SCC(=O)Nc4c3c(=O)[nH]n4C3CCOC(C)(C)C3)c(=O)[nH]c2c1. The molecule has 9 nitrogen and oxygen atoms in total. The summed E-state index contributed by atoms with van der Waals surface area (Å²) >= 11 is 1.28. The lowest BCUT2D eigenvalue weighted by molar-refractivity contribution is -0.113. The van der Waals surface area contributed by atoms with Gasteiger partial charge in [0.15, 0.2) is 0 Å². The number of aromatic nitrogens is 3. The molecule has 3 aromatic rings. The second kappa shape index (κ2) is 8.11. The molecule has 1 aromatic carbocycles.